The maximum Gasteiger partial charge on any atom is 0.268 e. The number of amides is 1. The Morgan fingerprint density at radius 1 is 1.43 bits per heavy atom. The van der Waals surface area contributed by atoms with Crippen LogP contribution in [-0.2, 0) is 4.79 Å². The molecule has 1 aromatic carbocycles. The number of carbonyl (C=O) groups is 2. The summed E-state index contributed by atoms with van der Waals surface area (Å²) in [6, 6.07) is 5.32. The lowest BCUT2D eigenvalue weighted by atomic mass is 10.0. The minimum Gasteiger partial charge on any atom is -0.479 e. The van der Waals surface area contributed by atoms with Crippen LogP contribution in [0.5, 0.6) is 5.75 Å². The van der Waals surface area contributed by atoms with Gasteiger partial charge in [-0.2, -0.15) is 0 Å². The van der Waals surface area contributed by atoms with E-state index >= 15 is 0 Å². The maximum atomic E-state index is 12.3. The summed E-state index contributed by atoms with van der Waals surface area (Å²) < 4.78 is 5.63. The summed E-state index contributed by atoms with van der Waals surface area (Å²) in [6.45, 7) is 6.29. The highest BCUT2D eigenvalue weighted by atomic mass is 16.5. The van der Waals surface area contributed by atoms with Crippen LogP contribution in [0.2, 0.25) is 0 Å². The van der Waals surface area contributed by atoms with Gasteiger partial charge in [-0.05, 0) is 46.0 Å². The van der Waals surface area contributed by atoms with Crippen LogP contribution in [-0.4, -0.2) is 37.4 Å². The van der Waals surface area contributed by atoms with Crippen LogP contribution in [0.15, 0.2) is 18.2 Å². The van der Waals surface area contributed by atoms with Crippen molar-refractivity contribution in [3.05, 3.63) is 23.8 Å². The number of carbonyl (C=O) groups excluding carboxylic acids is 2. The highest BCUT2D eigenvalue weighted by Crippen LogP contribution is 2.36. The van der Waals surface area contributed by atoms with E-state index in [0.29, 0.717) is 30.0 Å². The van der Waals surface area contributed by atoms with Crippen molar-refractivity contribution >= 4 is 17.4 Å². The van der Waals surface area contributed by atoms with Crippen molar-refractivity contribution in [3.63, 3.8) is 0 Å². The third kappa shape index (κ3) is 3.08. The molecule has 0 aromatic heterocycles. The molecule has 21 heavy (non-hydrogen) atoms. The van der Waals surface area contributed by atoms with Crippen LogP contribution in [0.1, 0.15) is 37.6 Å². The van der Waals surface area contributed by atoms with Gasteiger partial charge in [-0.25, -0.2) is 0 Å². The number of ketones is 1. The van der Waals surface area contributed by atoms with Crippen LogP contribution in [0.4, 0.5) is 5.69 Å². The van der Waals surface area contributed by atoms with Crippen LogP contribution in [0.3, 0.4) is 0 Å². The standard InChI is InChI=1S/C16H22N2O3/c1-10(2)18-13-9-12(14(19)7-8-17-4)5-6-15(13)21-11(3)16(18)20/h5-6,9-11,17H,7-8H2,1-4H3. The van der Waals surface area contributed by atoms with Gasteiger partial charge in [-0.3, -0.25) is 9.59 Å². The number of fused-ring (bicyclic) bond motifs is 1. The Bertz CT molecular complexity index is 554. The average Bonchev–Trinajstić information content (AvgIpc) is 2.45. The van der Waals surface area contributed by atoms with Gasteiger partial charge in [-0.15, -0.1) is 0 Å². The minimum absolute atomic E-state index is 0.0188. The molecule has 1 amide bonds. The van der Waals surface area contributed by atoms with E-state index in [0.717, 1.165) is 0 Å². The third-order valence-corrected chi connectivity index (χ3v) is 3.55. The van der Waals surface area contributed by atoms with Gasteiger partial charge in [0.25, 0.3) is 5.91 Å². The number of hydrogen-bond acceptors (Lipinski definition) is 4. The van der Waals surface area contributed by atoms with Crippen molar-refractivity contribution in [2.24, 2.45) is 0 Å². The van der Waals surface area contributed by atoms with Gasteiger partial charge >= 0.3 is 0 Å². The van der Waals surface area contributed by atoms with E-state index < -0.39 is 6.10 Å². The van der Waals surface area contributed by atoms with Gasteiger partial charge in [0.15, 0.2) is 11.9 Å². The molecule has 0 saturated heterocycles. The fourth-order valence-electron chi connectivity index (χ4n) is 2.45. The van der Waals surface area contributed by atoms with Gasteiger partial charge < -0.3 is 15.0 Å². The molecular formula is C16H22N2O3. The van der Waals surface area contributed by atoms with Crippen LogP contribution in [0.25, 0.3) is 0 Å². The molecule has 5 nitrogen and oxygen atoms in total. The van der Waals surface area contributed by atoms with Gasteiger partial charge in [0.2, 0.25) is 0 Å². The first-order valence-corrected chi connectivity index (χ1v) is 7.27. The molecule has 0 radical (unpaired) electrons. The molecule has 0 aliphatic carbocycles. The number of nitrogens with zero attached hydrogens (tertiary/aromatic N) is 1. The Morgan fingerprint density at radius 3 is 2.76 bits per heavy atom. The first-order chi connectivity index (χ1) is 9.95. The molecule has 0 fully saturated rings. The Morgan fingerprint density at radius 2 is 2.14 bits per heavy atom. The minimum atomic E-state index is -0.495. The number of anilines is 1. The smallest absolute Gasteiger partial charge is 0.268 e. The zero-order chi connectivity index (χ0) is 15.6. The second-order valence-electron chi connectivity index (χ2n) is 5.52. The Balaban J connectivity index is 2.37. The second-order valence-corrected chi connectivity index (χ2v) is 5.52. The lowest BCUT2D eigenvalue weighted by Crippen LogP contribution is -2.47. The van der Waals surface area contributed by atoms with E-state index in [2.05, 4.69) is 5.32 Å². The number of Topliss-reactive ketones (excluding diaryl/α,β-unsaturated/α-hetero) is 1. The molecule has 1 atom stereocenters. The molecule has 1 aliphatic rings. The number of rotatable bonds is 5. The molecule has 2 rings (SSSR count). The van der Waals surface area contributed by atoms with Gasteiger partial charge in [-0.1, -0.05) is 0 Å². The Hall–Kier alpha value is -1.88. The summed E-state index contributed by atoms with van der Waals surface area (Å²) in [7, 11) is 1.81. The molecule has 0 bridgehead atoms. The maximum absolute atomic E-state index is 12.3. The monoisotopic (exact) mass is 290 g/mol. The highest BCUT2D eigenvalue weighted by molar-refractivity contribution is 6.03. The summed E-state index contributed by atoms with van der Waals surface area (Å²) in [5.41, 5.74) is 1.30. The molecule has 1 unspecified atom stereocenters. The average molecular weight is 290 g/mol. The molecule has 1 N–H and O–H groups in total. The van der Waals surface area contributed by atoms with Crippen molar-refractivity contribution in [1.82, 2.24) is 5.32 Å². The first-order valence-electron chi connectivity index (χ1n) is 7.27. The van der Waals surface area contributed by atoms with Crippen molar-refractivity contribution in [1.29, 1.82) is 0 Å². The van der Waals surface area contributed by atoms with E-state index in [4.69, 9.17) is 4.74 Å². The van der Waals surface area contributed by atoms with E-state index in [1.807, 2.05) is 20.9 Å². The summed E-state index contributed by atoms with van der Waals surface area (Å²) in [5, 5.41) is 2.96. The van der Waals surface area contributed by atoms with Gasteiger partial charge in [0, 0.05) is 24.6 Å². The van der Waals surface area contributed by atoms with E-state index in [1.54, 1.807) is 30.0 Å². The Kier molecular flexibility index (Phi) is 4.63. The van der Waals surface area contributed by atoms with Gasteiger partial charge in [0.05, 0.1) is 5.69 Å². The second kappa shape index (κ2) is 6.26. The molecular weight excluding hydrogens is 268 g/mol. The normalized spacial score (nSPS) is 17.7. The molecule has 114 valence electrons. The first kappa shape index (κ1) is 15.5. The lowest BCUT2D eigenvalue weighted by Gasteiger charge is -2.35. The Labute approximate surface area is 125 Å². The largest absolute Gasteiger partial charge is 0.479 e. The van der Waals surface area contributed by atoms with Crippen molar-refractivity contribution in [2.75, 3.05) is 18.5 Å². The van der Waals surface area contributed by atoms with E-state index in [1.165, 1.54) is 0 Å². The molecule has 0 saturated carbocycles. The molecule has 0 spiro atoms. The fourth-order valence-corrected chi connectivity index (χ4v) is 2.45. The summed E-state index contributed by atoms with van der Waals surface area (Å²) in [4.78, 5) is 26.1. The SMILES string of the molecule is CNCCC(=O)c1ccc2c(c1)N(C(C)C)C(=O)C(C)O2. The number of nitrogens with one attached hydrogen (secondary N) is 1. The quantitative estimate of drug-likeness (QED) is 0.843. The zero-order valence-electron chi connectivity index (χ0n) is 13.0. The third-order valence-electron chi connectivity index (χ3n) is 3.55. The summed E-state index contributed by atoms with van der Waals surface area (Å²) >= 11 is 0. The van der Waals surface area contributed by atoms with Crippen LogP contribution >= 0.6 is 0 Å². The summed E-state index contributed by atoms with van der Waals surface area (Å²) in [5.74, 6) is 0.639. The van der Waals surface area contributed by atoms with Crippen molar-refractivity contribution in [3.8, 4) is 5.75 Å². The van der Waals surface area contributed by atoms with Crippen molar-refractivity contribution in [2.45, 2.75) is 39.3 Å². The highest BCUT2D eigenvalue weighted by Gasteiger charge is 2.33. The van der Waals surface area contributed by atoms with E-state index in [-0.39, 0.29) is 17.7 Å². The topological polar surface area (TPSA) is 58.6 Å². The number of hydrogen-bond donors (Lipinski definition) is 1. The predicted octanol–water partition coefficient (Wildman–Crippen LogP) is 2.00. The summed E-state index contributed by atoms with van der Waals surface area (Å²) in [6.07, 6.45) is -0.0620. The van der Waals surface area contributed by atoms with Gasteiger partial charge in [0.1, 0.15) is 5.75 Å². The van der Waals surface area contributed by atoms with E-state index in [9.17, 15) is 9.59 Å². The molecule has 1 aromatic rings. The molecule has 5 heteroatoms. The van der Waals surface area contributed by atoms with Crippen LogP contribution in [0, 0.1) is 0 Å². The van der Waals surface area contributed by atoms with Crippen molar-refractivity contribution < 1.29 is 14.3 Å². The molecule has 1 aliphatic heterocycles. The predicted molar refractivity (Wildman–Crippen MR) is 82.0 cm³/mol. The number of benzene rings is 1. The number of ether oxygens (including phenoxy) is 1. The zero-order valence-corrected chi connectivity index (χ0v) is 13.0. The fraction of sp³-hybridized carbons (Fsp3) is 0.500. The molecule has 1 heterocycles. The van der Waals surface area contributed by atoms with Crippen LogP contribution < -0.4 is 15.0 Å². The lowest BCUT2D eigenvalue weighted by molar-refractivity contribution is -0.125.